The van der Waals surface area contributed by atoms with E-state index in [2.05, 4.69) is 10.3 Å². The van der Waals surface area contributed by atoms with E-state index in [0.29, 0.717) is 20.4 Å². The minimum atomic E-state index is -0.483. The molecule has 9 heteroatoms. The van der Waals surface area contributed by atoms with E-state index in [1.165, 1.54) is 30.3 Å². The van der Waals surface area contributed by atoms with E-state index in [0.717, 1.165) is 11.3 Å². The van der Waals surface area contributed by atoms with Crippen molar-refractivity contribution in [1.29, 1.82) is 0 Å². The van der Waals surface area contributed by atoms with Gasteiger partial charge in [-0.05, 0) is 24.3 Å². The Hall–Kier alpha value is -2.22. The molecule has 0 bridgehead atoms. The van der Waals surface area contributed by atoms with Crippen molar-refractivity contribution < 1.29 is 9.72 Å². The largest absolute Gasteiger partial charge is 0.298 e. The number of hydrogen-bond donors (Lipinski definition) is 1. The van der Waals surface area contributed by atoms with E-state index in [9.17, 15) is 14.9 Å². The molecule has 0 saturated heterocycles. The molecule has 3 rings (SSSR count). The van der Waals surface area contributed by atoms with Crippen LogP contribution in [-0.2, 0) is 0 Å². The van der Waals surface area contributed by atoms with Gasteiger partial charge in [-0.2, -0.15) is 0 Å². The van der Waals surface area contributed by atoms with E-state index in [1.54, 1.807) is 6.07 Å². The number of amides is 1. The first-order valence-electron chi connectivity index (χ1n) is 6.25. The third-order valence-corrected chi connectivity index (χ3v) is 4.47. The molecule has 0 atom stereocenters. The molecule has 0 spiro atoms. The number of nitro benzene ring substituents is 1. The number of rotatable bonds is 3. The fourth-order valence-electron chi connectivity index (χ4n) is 1.92. The third-order valence-electron chi connectivity index (χ3n) is 2.98. The number of nitro groups is 1. The van der Waals surface area contributed by atoms with E-state index < -0.39 is 10.8 Å². The van der Waals surface area contributed by atoms with Crippen LogP contribution in [0.2, 0.25) is 10.0 Å². The van der Waals surface area contributed by atoms with Crippen LogP contribution in [0, 0.1) is 10.1 Å². The van der Waals surface area contributed by atoms with Crippen LogP contribution >= 0.6 is 34.5 Å². The fourth-order valence-corrected chi connectivity index (χ4v) is 3.19. The molecule has 0 aliphatic carbocycles. The van der Waals surface area contributed by atoms with E-state index >= 15 is 0 Å². The van der Waals surface area contributed by atoms with E-state index in [-0.39, 0.29) is 16.3 Å². The SMILES string of the molecule is O=C(Nc1nc2ccc([N+](=O)[O-])cc2s1)c1cc(Cl)ccc1Cl. The lowest BCUT2D eigenvalue weighted by Crippen LogP contribution is -2.12. The number of carbonyl (C=O) groups is 1. The number of benzene rings is 2. The molecular weight excluding hydrogens is 361 g/mol. The van der Waals surface area contributed by atoms with Gasteiger partial charge in [0.05, 0.1) is 25.7 Å². The number of nitrogens with one attached hydrogen (secondary N) is 1. The molecule has 3 aromatic rings. The van der Waals surface area contributed by atoms with Crippen LogP contribution in [0.4, 0.5) is 10.8 Å². The van der Waals surface area contributed by atoms with Crippen molar-refractivity contribution in [3.8, 4) is 0 Å². The summed E-state index contributed by atoms with van der Waals surface area (Å²) in [5, 5.41) is 14.4. The van der Waals surface area contributed by atoms with Gasteiger partial charge in [-0.3, -0.25) is 20.2 Å². The highest BCUT2D eigenvalue weighted by atomic mass is 35.5. The second kappa shape index (κ2) is 6.11. The average Bonchev–Trinajstić information content (AvgIpc) is 2.90. The molecule has 0 fully saturated rings. The van der Waals surface area contributed by atoms with Gasteiger partial charge in [-0.15, -0.1) is 0 Å². The minimum Gasteiger partial charge on any atom is -0.298 e. The number of halogens is 2. The normalized spacial score (nSPS) is 10.7. The molecule has 23 heavy (non-hydrogen) atoms. The molecular formula is C14H7Cl2N3O3S. The molecule has 1 heterocycles. The maximum absolute atomic E-state index is 12.2. The number of hydrogen-bond acceptors (Lipinski definition) is 5. The number of non-ortho nitro benzene ring substituents is 1. The quantitative estimate of drug-likeness (QED) is 0.533. The molecule has 1 N–H and O–H groups in total. The summed E-state index contributed by atoms with van der Waals surface area (Å²) in [4.78, 5) is 26.8. The van der Waals surface area contributed by atoms with Gasteiger partial charge in [0.2, 0.25) is 0 Å². The number of carbonyl (C=O) groups excluding carboxylic acids is 1. The summed E-state index contributed by atoms with van der Waals surface area (Å²) in [6.07, 6.45) is 0. The summed E-state index contributed by atoms with van der Waals surface area (Å²) < 4.78 is 0.603. The second-order valence-corrected chi connectivity index (χ2v) is 6.38. The van der Waals surface area contributed by atoms with Crippen LogP contribution in [0.3, 0.4) is 0 Å². The smallest absolute Gasteiger partial charge is 0.270 e. The van der Waals surface area contributed by atoms with Gasteiger partial charge in [-0.25, -0.2) is 4.98 Å². The average molecular weight is 368 g/mol. The summed E-state index contributed by atoms with van der Waals surface area (Å²) in [5.74, 6) is -0.453. The summed E-state index contributed by atoms with van der Waals surface area (Å²) in [6, 6.07) is 8.87. The first kappa shape index (κ1) is 15.7. The third kappa shape index (κ3) is 3.26. The predicted octanol–water partition coefficient (Wildman–Crippen LogP) is 4.76. The van der Waals surface area contributed by atoms with Gasteiger partial charge >= 0.3 is 0 Å². The lowest BCUT2D eigenvalue weighted by atomic mass is 10.2. The lowest BCUT2D eigenvalue weighted by Gasteiger charge is -2.04. The summed E-state index contributed by atoms with van der Waals surface area (Å²) >= 11 is 13.0. The number of fused-ring (bicyclic) bond motifs is 1. The van der Waals surface area contributed by atoms with Crippen molar-refractivity contribution in [3.63, 3.8) is 0 Å². The fraction of sp³-hybridized carbons (Fsp3) is 0. The van der Waals surface area contributed by atoms with Gasteiger partial charge in [-0.1, -0.05) is 34.5 Å². The van der Waals surface area contributed by atoms with Crippen molar-refractivity contribution in [3.05, 3.63) is 62.1 Å². The molecule has 1 aromatic heterocycles. The summed E-state index contributed by atoms with van der Waals surface area (Å²) in [5.41, 5.74) is 0.759. The van der Waals surface area contributed by atoms with Crippen LogP contribution in [0.15, 0.2) is 36.4 Å². The topological polar surface area (TPSA) is 85.1 Å². The van der Waals surface area contributed by atoms with Gasteiger partial charge in [0, 0.05) is 17.2 Å². The van der Waals surface area contributed by atoms with Crippen molar-refractivity contribution >= 4 is 61.5 Å². The Balaban J connectivity index is 1.90. The summed E-state index contributed by atoms with van der Waals surface area (Å²) in [7, 11) is 0. The Bertz CT molecular complexity index is 942. The highest BCUT2D eigenvalue weighted by Gasteiger charge is 2.15. The number of aromatic nitrogens is 1. The van der Waals surface area contributed by atoms with Crippen molar-refractivity contribution in [2.24, 2.45) is 0 Å². The zero-order valence-electron chi connectivity index (χ0n) is 11.2. The zero-order chi connectivity index (χ0) is 16.6. The van der Waals surface area contributed by atoms with Crippen LogP contribution < -0.4 is 5.32 Å². The Morgan fingerprint density at radius 1 is 1.22 bits per heavy atom. The molecule has 0 unspecified atom stereocenters. The monoisotopic (exact) mass is 367 g/mol. The van der Waals surface area contributed by atoms with Crippen LogP contribution in [0.5, 0.6) is 0 Å². The Kier molecular flexibility index (Phi) is 4.16. The van der Waals surface area contributed by atoms with Crippen LogP contribution in [0.25, 0.3) is 10.2 Å². The number of thiazole rings is 1. The molecule has 1 amide bonds. The van der Waals surface area contributed by atoms with E-state index in [4.69, 9.17) is 23.2 Å². The predicted molar refractivity (Wildman–Crippen MR) is 90.7 cm³/mol. The Labute approximate surface area is 143 Å². The van der Waals surface area contributed by atoms with Gasteiger partial charge in [0.15, 0.2) is 5.13 Å². The van der Waals surface area contributed by atoms with Crippen LogP contribution in [0.1, 0.15) is 10.4 Å². The first-order valence-corrected chi connectivity index (χ1v) is 7.82. The second-order valence-electron chi connectivity index (χ2n) is 4.51. The minimum absolute atomic E-state index is 0.0306. The maximum Gasteiger partial charge on any atom is 0.270 e. The van der Waals surface area contributed by atoms with Gasteiger partial charge in [0.1, 0.15) is 0 Å². The Morgan fingerprint density at radius 2 is 2.00 bits per heavy atom. The number of anilines is 1. The van der Waals surface area contributed by atoms with E-state index in [1.807, 2.05) is 0 Å². The molecule has 2 aromatic carbocycles. The Morgan fingerprint density at radius 3 is 2.74 bits per heavy atom. The highest BCUT2D eigenvalue weighted by molar-refractivity contribution is 7.22. The zero-order valence-corrected chi connectivity index (χ0v) is 13.6. The number of nitrogens with zero attached hydrogens (tertiary/aromatic N) is 2. The molecule has 116 valence electrons. The van der Waals surface area contributed by atoms with Crippen molar-refractivity contribution in [2.45, 2.75) is 0 Å². The molecule has 6 nitrogen and oxygen atoms in total. The standard InChI is InChI=1S/C14H7Cl2N3O3S/c15-7-1-3-10(16)9(5-7)13(20)18-14-17-11-4-2-8(19(21)22)6-12(11)23-14/h1-6H,(H,17,18,20). The maximum atomic E-state index is 12.2. The van der Waals surface area contributed by atoms with Crippen molar-refractivity contribution in [2.75, 3.05) is 5.32 Å². The molecule has 0 aliphatic heterocycles. The van der Waals surface area contributed by atoms with Gasteiger partial charge in [0.25, 0.3) is 11.6 Å². The molecule has 0 aliphatic rings. The summed E-state index contributed by atoms with van der Waals surface area (Å²) in [6.45, 7) is 0. The highest BCUT2D eigenvalue weighted by Crippen LogP contribution is 2.30. The van der Waals surface area contributed by atoms with Crippen LogP contribution in [-0.4, -0.2) is 15.8 Å². The lowest BCUT2D eigenvalue weighted by molar-refractivity contribution is -0.384. The van der Waals surface area contributed by atoms with Gasteiger partial charge < -0.3 is 0 Å². The molecule has 0 saturated carbocycles. The van der Waals surface area contributed by atoms with Crippen molar-refractivity contribution in [1.82, 2.24) is 4.98 Å². The molecule has 0 radical (unpaired) electrons. The first-order chi connectivity index (χ1) is 10.9.